The van der Waals surface area contributed by atoms with Crippen LogP contribution < -0.4 is 5.32 Å². The second-order valence-corrected chi connectivity index (χ2v) is 7.87. The van der Waals surface area contributed by atoms with Gasteiger partial charge in [0.05, 0.1) is 18.9 Å². The summed E-state index contributed by atoms with van der Waals surface area (Å²) in [5.74, 6) is -0.191. The summed E-state index contributed by atoms with van der Waals surface area (Å²) in [5.41, 5.74) is 1.57. The third-order valence-corrected chi connectivity index (χ3v) is 6.24. The van der Waals surface area contributed by atoms with Gasteiger partial charge in [0, 0.05) is 11.3 Å². The molecule has 134 valence electrons. The van der Waals surface area contributed by atoms with Gasteiger partial charge in [0.25, 0.3) is 5.91 Å². The number of amides is 1. The first-order valence-corrected chi connectivity index (χ1v) is 9.96. The number of benzene rings is 2. The van der Waals surface area contributed by atoms with Crippen LogP contribution in [0.2, 0.25) is 0 Å². The Balaban J connectivity index is 2.20. The Bertz CT molecular complexity index is 738. The van der Waals surface area contributed by atoms with Crippen LogP contribution in [-0.4, -0.2) is 19.1 Å². The van der Waals surface area contributed by atoms with Gasteiger partial charge in [0.1, 0.15) is 0 Å². The van der Waals surface area contributed by atoms with Crippen molar-refractivity contribution in [1.29, 1.82) is 0 Å². The molecule has 1 unspecified atom stereocenters. The van der Waals surface area contributed by atoms with Gasteiger partial charge in [0.2, 0.25) is 0 Å². The number of carbonyl (C=O) groups is 1. The molecule has 0 heterocycles. The van der Waals surface area contributed by atoms with Crippen LogP contribution >= 0.6 is 7.60 Å². The highest BCUT2D eigenvalue weighted by Gasteiger charge is 2.33. The molecule has 0 saturated heterocycles. The summed E-state index contributed by atoms with van der Waals surface area (Å²) in [7, 11) is -3.26. The standard InChI is InChI=1S/C19H24NO4P/c1-4-23-25(22,24-5-2)15(3)17-12-9-13-18(14-17)20-19(21)16-10-7-6-8-11-16/h6-15H,4-5H2,1-3H3,(H,20,21). The van der Waals surface area contributed by atoms with Crippen LogP contribution in [0.3, 0.4) is 0 Å². The predicted octanol–water partition coefficient (Wildman–Crippen LogP) is 5.27. The normalized spacial score (nSPS) is 12.6. The van der Waals surface area contributed by atoms with Gasteiger partial charge < -0.3 is 14.4 Å². The second kappa shape index (κ2) is 8.95. The maximum atomic E-state index is 12.9. The summed E-state index contributed by atoms with van der Waals surface area (Å²) in [4.78, 5) is 12.3. The van der Waals surface area contributed by atoms with Crippen molar-refractivity contribution in [3.8, 4) is 0 Å². The van der Waals surface area contributed by atoms with Gasteiger partial charge in [-0.2, -0.15) is 0 Å². The monoisotopic (exact) mass is 361 g/mol. The van der Waals surface area contributed by atoms with E-state index in [1.807, 2.05) is 37.3 Å². The Morgan fingerprint density at radius 3 is 2.28 bits per heavy atom. The van der Waals surface area contributed by atoms with Crippen LogP contribution in [-0.2, 0) is 13.6 Å². The van der Waals surface area contributed by atoms with E-state index in [1.165, 1.54) is 0 Å². The molecule has 0 aliphatic heterocycles. The maximum absolute atomic E-state index is 12.9. The summed E-state index contributed by atoms with van der Waals surface area (Å²) in [6, 6.07) is 16.3. The zero-order chi connectivity index (χ0) is 18.3. The van der Waals surface area contributed by atoms with Crippen molar-refractivity contribution in [1.82, 2.24) is 0 Å². The van der Waals surface area contributed by atoms with Gasteiger partial charge in [-0.1, -0.05) is 30.3 Å². The van der Waals surface area contributed by atoms with E-state index in [4.69, 9.17) is 9.05 Å². The van der Waals surface area contributed by atoms with E-state index in [0.717, 1.165) is 5.56 Å². The average Bonchev–Trinajstić information content (AvgIpc) is 2.62. The van der Waals surface area contributed by atoms with E-state index >= 15 is 0 Å². The molecule has 25 heavy (non-hydrogen) atoms. The first-order chi connectivity index (χ1) is 12.0. The molecule has 2 rings (SSSR count). The molecule has 0 aliphatic carbocycles. The van der Waals surface area contributed by atoms with Crippen LogP contribution in [0.25, 0.3) is 0 Å². The van der Waals surface area contributed by atoms with Crippen molar-refractivity contribution in [2.45, 2.75) is 26.4 Å². The molecule has 0 aromatic heterocycles. The first-order valence-electron chi connectivity index (χ1n) is 8.35. The molecule has 0 bridgehead atoms. The summed E-state index contributed by atoms with van der Waals surface area (Å²) in [6.45, 7) is 6.01. The van der Waals surface area contributed by atoms with E-state index in [0.29, 0.717) is 24.5 Å². The van der Waals surface area contributed by atoms with Crippen molar-refractivity contribution in [3.63, 3.8) is 0 Å². The van der Waals surface area contributed by atoms with Gasteiger partial charge in [-0.3, -0.25) is 9.36 Å². The molecule has 0 saturated carbocycles. The van der Waals surface area contributed by atoms with Crippen molar-refractivity contribution in [3.05, 3.63) is 65.7 Å². The largest absolute Gasteiger partial charge is 0.337 e. The lowest BCUT2D eigenvalue weighted by atomic mass is 10.1. The molecule has 2 aromatic rings. The Morgan fingerprint density at radius 2 is 1.68 bits per heavy atom. The minimum absolute atomic E-state index is 0.191. The van der Waals surface area contributed by atoms with Crippen LogP contribution in [0.15, 0.2) is 54.6 Å². The molecule has 0 radical (unpaired) electrons. The van der Waals surface area contributed by atoms with Gasteiger partial charge in [-0.05, 0) is 50.6 Å². The van der Waals surface area contributed by atoms with Crippen molar-refractivity contribution in [2.75, 3.05) is 18.5 Å². The molecule has 2 aromatic carbocycles. The third-order valence-electron chi connectivity index (χ3n) is 3.76. The number of rotatable bonds is 8. The van der Waals surface area contributed by atoms with Crippen LogP contribution in [0.5, 0.6) is 0 Å². The van der Waals surface area contributed by atoms with E-state index in [2.05, 4.69) is 5.32 Å². The molecule has 1 amide bonds. The number of anilines is 1. The molecule has 0 fully saturated rings. The van der Waals surface area contributed by atoms with Gasteiger partial charge in [-0.25, -0.2) is 0 Å². The SMILES string of the molecule is CCOP(=O)(OCC)C(C)c1cccc(NC(=O)c2ccccc2)c1. The highest BCUT2D eigenvalue weighted by atomic mass is 31.2. The number of nitrogens with one attached hydrogen (secondary N) is 1. The minimum atomic E-state index is -3.26. The lowest BCUT2D eigenvalue weighted by molar-refractivity contribution is 0.102. The highest BCUT2D eigenvalue weighted by Crippen LogP contribution is 2.60. The summed E-state index contributed by atoms with van der Waals surface area (Å²) in [5, 5.41) is 2.86. The van der Waals surface area contributed by atoms with Crippen molar-refractivity contribution >= 4 is 19.2 Å². The summed E-state index contributed by atoms with van der Waals surface area (Å²) in [6.07, 6.45) is 0. The Hall–Kier alpha value is -1.94. The molecular weight excluding hydrogens is 337 g/mol. The lowest BCUT2D eigenvalue weighted by Gasteiger charge is -2.24. The van der Waals surface area contributed by atoms with E-state index in [9.17, 15) is 9.36 Å². The summed E-state index contributed by atoms with van der Waals surface area (Å²) >= 11 is 0. The number of hydrogen-bond acceptors (Lipinski definition) is 4. The Kier molecular flexibility index (Phi) is 6.94. The fourth-order valence-electron chi connectivity index (χ4n) is 2.47. The van der Waals surface area contributed by atoms with Crippen LogP contribution in [0.1, 0.15) is 42.4 Å². The van der Waals surface area contributed by atoms with E-state index in [1.54, 1.807) is 38.1 Å². The topological polar surface area (TPSA) is 64.6 Å². The zero-order valence-electron chi connectivity index (χ0n) is 14.8. The maximum Gasteiger partial charge on any atom is 0.337 e. The minimum Gasteiger partial charge on any atom is -0.322 e. The van der Waals surface area contributed by atoms with Gasteiger partial charge >= 0.3 is 7.60 Å². The smallest absolute Gasteiger partial charge is 0.322 e. The van der Waals surface area contributed by atoms with Crippen LogP contribution in [0.4, 0.5) is 5.69 Å². The molecule has 0 spiro atoms. The van der Waals surface area contributed by atoms with Crippen molar-refractivity contribution < 1.29 is 18.4 Å². The number of carbonyl (C=O) groups excluding carboxylic acids is 1. The van der Waals surface area contributed by atoms with Gasteiger partial charge in [0.15, 0.2) is 0 Å². The zero-order valence-corrected chi connectivity index (χ0v) is 15.7. The van der Waals surface area contributed by atoms with Crippen LogP contribution in [0, 0.1) is 0 Å². The molecule has 1 atom stereocenters. The van der Waals surface area contributed by atoms with E-state index < -0.39 is 13.3 Å². The second-order valence-electron chi connectivity index (χ2n) is 5.50. The average molecular weight is 361 g/mol. The van der Waals surface area contributed by atoms with E-state index in [-0.39, 0.29) is 5.91 Å². The Labute approximate surface area is 148 Å². The predicted molar refractivity (Wildman–Crippen MR) is 100 cm³/mol. The molecule has 0 aliphatic rings. The molecule has 5 nitrogen and oxygen atoms in total. The number of hydrogen-bond donors (Lipinski definition) is 1. The molecule has 1 N–H and O–H groups in total. The third kappa shape index (κ3) is 5.02. The molecule has 6 heteroatoms. The highest BCUT2D eigenvalue weighted by molar-refractivity contribution is 7.54. The first kappa shape index (κ1) is 19.4. The quantitative estimate of drug-likeness (QED) is 0.651. The molecular formula is C19H24NO4P. The van der Waals surface area contributed by atoms with Crippen molar-refractivity contribution in [2.24, 2.45) is 0 Å². The summed E-state index contributed by atoms with van der Waals surface area (Å²) < 4.78 is 23.8. The Morgan fingerprint density at radius 1 is 1.04 bits per heavy atom. The fraction of sp³-hybridized carbons (Fsp3) is 0.316. The fourth-order valence-corrected chi connectivity index (χ4v) is 4.24. The van der Waals surface area contributed by atoms with Gasteiger partial charge in [-0.15, -0.1) is 0 Å². The lowest BCUT2D eigenvalue weighted by Crippen LogP contribution is -2.12.